The van der Waals surface area contributed by atoms with E-state index in [1.807, 2.05) is 30.3 Å². The molecule has 1 aliphatic heterocycles. The number of benzene rings is 1. The molecule has 2 aromatic rings. The second-order valence-electron chi connectivity index (χ2n) is 6.26. The Hall–Kier alpha value is -2.34. The van der Waals surface area contributed by atoms with Crippen molar-refractivity contribution in [2.75, 3.05) is 13.1 Å². The van der Waals surface area contributed by atoms with E-state index in [1.165, 1.54) is 0 Å². The summed E-state index contributed by atoms with van der Waals surface area (Å²) in [6.45, 7) is 3.43. The van der Waals surface area contributed by atoms with Gasteiger partial charge in [-0.25, -0.2) is 9.78 Å². The predicted molar refractivity (Wildman–Crippen MR) is 90.2 cm³/mol. The van der Waals surface area contributed by atoms with Gasteiger partial charge < -0.3 is 19.7 Å². The third-order valence-corrected chi connectivity index (χ3v) is 4.42. The normalized spacial score (nSPS) is 19.1. The summed E-state index contributed by atoms with van der Waals surface area (Å²) in [6, 6.07) is 9.53. The molecule has 2 heterocycles. The van der Waals surface area contributed by atoms with Crippen LogP contribution in [-0.4, -0.2) is 40.2 Å². The number of urea groups is 1. The van der Waals surface area contributed by atoms with E-state index >= 15 is 0 Å². The van der Waals surface area contributed by atoms with Gasteiger partial charge in [0.05, 0.1) is 18.3 Å². The highest BCUT2D eigenvalue weighted by Crippen LogP contribution is 2.20. The van der Waals surface area contributed by atoms with Crippen LogP contribution in [-0.2, 0) is 6.54 Å². The first-order valence-electron chi connectivity index (χ1n) is 8.34. The van der Waals surface area contributed by atoms with Gasteiger partial charge in [-0.3, -0.25) is 0 Å². The molecule has 1 aliphatic rings. The largest absolute Gasteiger partial charge is 0.444 e. The summed E-state index contributed by atoms with van der Waals surface area (Å²) in [5.41, 5.74) is 1.59. The number of amides is 2. The lowest BCUT2D eigenvalue weighted by Gasteiger charge is -2.34. The van der Waals surface area contributed by atoms with Crippen LogP contribution < -0.4 is 5.32 Å². The second-order valence-corrected chi connectivity index (χ2v) is 6.26. The average Bonchev–Trinajstić information content (AvgIpc) is 3.09. The molecule has 0 saturated carbocycles. The first-order chi connectivity index (χ1) is 11.6. The highest BCUT2D eigenvalue weighted by Gasteiger charge is 2.26. The molecule has 0 radical (unpaired) electrons. The van der Waals surface area contributed by atoms with Gasteiger partial charge in [0.15, 0.2) is 0 Å². The van der Waals surface area contributed by atoms with Crippen LogP contribution in [0.15, 0.2) is 41.0 Å². The number of aromatic nitrogens is 1. The van der Waals surface area contributed by atoms with E-state index in [-0.39, 0.29) is 18.1 Å². The molecule has 0 aliphatic carbocycles. The fraction of sp³-hybridized carbons (Fsp3) is 0.444. The van der Waals surface area contributed by atoms with Crippen molar-refractivity contribution in [3.63, 3.8) is 0 Å². The molecule has 2 amide bonds. The van der Waals surface area contributed by atoms with Crippen molar-refractivity contribution in [1.29, 1.82) is 0 Å². The summed E-state index contributed by atoms with van der Waals surface area (Å²) in [5.74, 6) is 0.702. The number of nitrogens with one attached hydrogen (secondary N) is 1. The minimum absolute atomic E-state index is 0.121. The van der Waals surface area contributed by atoms with Crippen LogP contribution >= 0.6 is 0 Å². The molecule has 1 aromatic heterocycles. The Balaban J connectivity index is 1.54. The number of aliphatic hydroxyl groups excluding tert-OH is 1. The molecule has 0 bridgehead atoms. The van der Waals surface area contributed by atoms with Gasteiger partial charge in [0.25, 0.3) is 0 Å². The number of rotatable bonds is 4. The lowest BCUT2D eigenvalue weighted by molar-refractivity contribution is 0.0738. The molecule has 2 atom stereocenters. The number of aliphatic hydroxyl groups is 1. The summed E-state index contributed by atoms with van der Waals surface area (Å²) in [4.78, 5) is 18.5. The third kappa shape index (κ3) is 3.94. The monoisotopic (exact) mass is 329 g/mol. The van der Waals surface area contributed by atoms with Gasteiger partial charge in [-0.05, 0) is 31.9 Å². The topological polar surface area (TPSA) is 78.6 Å². The van der Waals surface area contributed by atoms with Crippen molar-refractivity contribution >= 4 is 6.03 Å². The summed E-state index contributed by atoms with van der Waals surface area (Å²) >= 11 is 0. The van der Waals surface area contributed by atoms with E-state index in [1.54, 1.807) is 18.1 Å². The van der Waals surface area contributed by atoms with Crippen LogP contribution in [0.5, 0.6) is 0 Å². The Bertz CT molecular complexity index is 669. The predicted octanol–water partition coefficient (Wildman–Crippen LogP) is 2.64. The van der Waals surface area contributed by atoms with E-state index in [0.717, 1.165) is 24.9 Å². The van der Waals surface area contributed by atoms with Gasteiger partial charge in [-0.15, -0.1) is 0 Å². The number of carbonyl (C=O) groups excluding carboxylic acids is 1. The molecular weight excluding hydrogens is 306 g/mol. The molecule has 0 spiro atoms. The maximum Gasteiger partial charge on any atom is 0.317 e. The highest BCUT2D eigenvalue weighted by atomic mass is 16.3. The highest BCUT2D eigenvalue weighted by molar-refractivity contribution is 5.74. The van der Waals surface area contributed by atoms with Gasteiger partial charge >= 0.3 is 6.03 Å². The minimum Gasteiger partial charge on any atom is -0.444 e. The molecule has 2 N–H and O–H groups in total. The van der Waals surface area contributed by atoms with E-state index in [4.69, 9.17) is 4.42 Å². The van der Waals surface area contributed by atoms with Gasteiger partial charge in [0.1, 0.15) is 6.26 Å². The Labute approximate surface area is 141 Å². The Kier molecular flexibility index (Phi) is 5.15. The zero-order chi connectivity index (χ0) is 16.9. The SMILES string of the molecule is CC(O)C1CCCN(C(=O)NCc2coc(-c3ccccc3)n2)C1. The van der Waals surface area contributed by atoms with Crippen LogP contribution in [0, 0.1) is 5.92 Å². The van der Waals surface area contributed by atoms with Crippen LogP contribution in [0.1, 0.15) is 25.5 Å². The fourth-order valence-electron chi connectivity index (χ4n) is 2.97. The average molecular weight is 329 g/mol. The van der Waals surface area contributed by atoms with Gasteiger partial charge in [0, 0.05) is 24.6 Å². The molecule has 6 nitrogen and oxygen atoms in total. The zero-order valence-corrected chi connectivity index (χ0v) is 13.8. The standard InChI is InChI=1S/C18H23N3O3/c1-13(22)15-8-5-9-21(11-15)18(23)19-10-16-12-24-17(20-16)14-6-3-2-4-7-14/h2-4,6-7,12-13,15,22H,5,8-11H2,1H3,(H,19,23). The summed E-state index contributed by atoms with van der Waals surface area (Å²) < 4.78 is 5.47. The lowest BCUT2D eigenvalue weighted by Crippen LogP contribution is -2.47. The number of likely N-dealkylation sites (tertiary alicyclic amines) is 1. The van der Waals surface area contributed by atoms with Crippen molar-refractivity contribution in [1.82, 2.24) is 15.2 Å². The van der Waals surface area contributed by atoms with Crippen LogP contribution in [0.2, 0.25) is 0 Å². The Morgan fingerprint density at radius 2 is 2.25 bits per heavy atom. The molecule has 1 fully saturated rings. The van der Waals surface area contributed by atoms with E-state index < -0.39 is 0 Å². The van der Waals surface area contributed by atoms with Crippen molar-refractivity contribution in [3.8, 4) is 11.5 Å². The molecule has 24 heavy (non-hydrogen) atoms. The number of hydrogen-bond acceptors (Lipinski definition) is 4. The van der Waals surface area contributed by atoms with Crippen LogP contribution in [0.3, 0.4) is 0 Å². The summed E-state index contributed by atoms with van der Waals surface area (Å²) in [5, 5.41) is 12.6. The summed E-state index contributed by atoms with van der Waals surface area (Å²) in [6.07, 6.45) is 3.07. The smallest absolute Gasteiger partial charge is 0.317 e. The van der Waals surface area contributed by atoms with Crippen LogP contribution in [0.4, 0.5) is 4.79 Å². The number of piperidine rings is 1. The zero-order valence-electron chi connectivity index (χ0n) is 13.8. The molecule has 6 heteroatoms. The first-order valence-corrected chi connectivity index (χ1v) is 8.34. The lowest BCUT2D eigenvalue weighted by atomic mass is 9.94. The van der Waals surface area contributed by atoms with Crippen molar-refractivity contribution in [2.45, 2.75) is 32.4 Å². The Morgan fingerprint density at radius 1 is 1.46 bits per heavy atom. The van der Waals surface area contributed by atoms with Crippen molar-refractivity contribution in [3.05, 3.63) is 42.3 Å². The summed E-state index contributed by atoms with van der Waals surface area (Å²) in [7, 11) is 0. The molecule has 128 valence electrons. The van der Waals surface area contributed by atoms with Crippen molar-refractivity contribution in [2.24, 2.45) is 5.92 Å². The maximum atomic E-state index is 12.3. The second kappa shape index (κ2) is 7.49. The quantitative estimate of drug-likeness (QED) is 0.904. The van der Waals surface area contributed by atoms with Gasteiger partial charge in [-0.2, -0.15) is 0 Å². The number of hydrogen-bond donors (Lipinski definition) is 2. The van der Waals surface area contributed by atoms with E-state index in [9.17, 15) is 9.90 Å². The molecule has 2 unspecified atom stereocenters. The number of carbonyl (C=O) groups is 1. The van der Waals surface area contributed by atoms with Crippen LogP contribution in [0.25, 0.3) is 11.5 Å². The molecule has 3 rings (SSSR count). The molecule has 1 aromatic carbocycles. The van der Waals surface area contributed by atoms with Gasteiger partial charge in [0.2, 0.25) is 5.89 Å². The number of nitrogens with zero attached hydrogens (tertiary/aromatic N) is 2. The Morgan fingerprint density at radius 3 is 3.00 bits per heavy atom. The first kappa shape index (κ1) is 16.5. The van der Waals surface area contributed by atoms with Gasteiger partial charge in [-0.1, -0.05) is 18.2 Å². The van der Waals surface area contributed by atoms with E-state index in [0.29, 0.717) is 24.7 Å². The minimum atomic E-state index is -0.385. The van der Waals surface area contributed by atoms with E-state index in [2.05, 4.69) is 10.3 Å². The molecular formula is C18H23N3O3. The number of oxazole rings is 1. The third-order valence-electron chi connectivity index (χ3n) is 4.42. The fourth-order valence-corrected chi connectivity index (χ4v) is 2.97. The maximum absolute atomic E-state index is 12.3. The van der Waals surface area contributed by atoms with Crippen molar-refractivity contribution < 1.29 is 14.3 Å². The molecule has 1 saturated heterocycles.